The molecule has 0 fully saturated rings. The molecule has 1 aromatic heterocycles. The van der Waals surface area contributed by atoms with Crippen molar-refractivity contribution in [2.75, 3.05) is 11.4 Å². The molecule has 0 saturated carbocycles. The average Bonchev–Trinajstić information content (AvgIpc) is 2.73. The summed E-state index contributed by atoms with van der Waals surface area (Å²) in [4.78, 5) is 14.2. The van der Waals surface area contributed by atoms with Gasteiger partial charge in [-0.3, -0.25) is 4.79 Å². The highest BCUT2D eigenvalue weighted by atomic mass is 35.5. The molecule has 0 radical (unpaired) electrons. The van der Waals surface area contributed by atoms with Crippen LogP contribution in [0.1, 0.15) is 22.8 Å². The largest absolute Gasteiger partial charge is 0.508 e. The number of amides is 1. The van der Waals surface area contributed by atoms with Crippen molar-refractivity contribution in [1.82, 2.24) is 0 Å². The Morgan fingerprint density at radius 1 is 1.35 bits per heavy atom. The first-order valence-corrected chi connectivity index (χ1v) is 7.57. The van der Waals surface area contributed by atoms with Crippen LogP contribution >= 0.6 is 34.5 Å². The van der Waals surface area contributed by atoms with Gasteiger partial charge in [-0.2, -0.15) is 0 Å². The highest BCUT2D eigenvalue weighted by Gasteiger charge is 2.22. The second-order valence-electron chi connectivity index (χ2n) is 4.26. The van der Waals surface area contributed by atoms with Crippen molar-refractivity contribution in [1.29, 1.82) is 0 Å². The molecule has 20 heavy (non-hydrogen) atoms. The zero-order chi connectivity index (χ0) is 14.9. The molecule has 2 rings (SSSR count). The third kappa shape index (κ3) is 2.92. The van der Waals surface area contributed by atoms with Crippen molar-refractivity contribution in [2.24, 2.45) is 0 Å². The van der Waals surface area contributed by atoms with Crippen LogP contribution in [0.2, 0.25) is 8.67 Å². The summed E-state index contributed by atoms with van der Waals surface area (Å²) in [5.41, 5.74) is 1.94. The number of thiophene rings is 1. The van der Waals surface area contributed by atoms with Crippen molar-refractivity contribution in [2.45, 2.75) is 13.8 Å². The van der Waals surface area contributed by atoms with E-state index in [1.165, 1.54) is 0 Å². The number of carbonyl (C=O) groups is 1. The Morgan fingerprint density at radius 3 is 2.60 bits per heavy atom. The van der Waals surface area contributed by atoms with Crippen molar-refractivity contribution in [3.63, 3.8) is 0 Å². The maximum Gasteiger partial charge on any atom is 0.260 e. The van der Waals surface area contributed by atoms with Crippen molar-refractivity contribution < 1.29 is 9.90 Å². The molecule has 0 spiro atoms. The lowest BCUT2D eigenvalue weighted by Crippen LogP contribution is -2.31. The minimum Gasteiger partial charge on any atom is -0.508 e. The Kier molecular flexibility index (Phi) is 4.58. The zero-order valence-electron chi connectivity index (χ0n) is 11.0. The molecule has 1 amide bonds. The molecule has 6 heteroatoms. The first-order chi connectivity index (χ1) is 9.43. The van der Waals surface area contributed by atoms with Gasteiger partial charge in [0.2, 0.25) is 0 Å². The number of nitrogens with zero attached hydrogens (tertiary/aromatic N) is 1. The SMILES string of the molecule is CCN(C(=O)c1cc(Cl)sc1Cl)c1cc(O)ccc1C. The summed E-state index contributed by atoms with van der Waals surface area (Å²) < 4.78 is 0.846. The van der Waals surface area contributed by atoms with Gasteiger partial charge in [0.25, 0.3) is 5.91 Å². The van der Waals surface area contributed by atoms with Gasteiger partial charge in [-0.1, -0.05) is 29.3 Å². The van der Waals surface area contributed by atoms with E-state index >= 15 is 0 Å². The quantitative estimate of drug-likeness (QED) is 0.883. The topological polar surface area (TPSA) is 40.5 Å². The Bertz CT molecular complexity index is 655. The number of aryl methyl sites for hydroxylation is 1. The summed E-state index contributed by atoms with van der Waals surface area (Å²) in [5, 5.41) is 9.61. The summed E-state index contributed by atoms with van der Waals surface area (Å²) in [6.07, 6.45) is 0. The van der Waals surface area contributed by atoms with Crippen molar-refractivity contribution in [3.05, 3.63) is 44.1 Å². The van der Waals surface area contributed by atoms with E-state index in [0.717, 1.165) is 16.9 Å². The number of anilines is 1. The second kappa shape index (κ2) is 6.04. The molecule has 0 aliphatic carbocycles. The summed E-state index contributed by atoms with van der Waals surface area (Å²) in [6, 6.07) is 6.49. The van der Waals surface area contributed by atoms with Crippen LogP contribution in [0.3, 0.4) is 0 Å². The predicted molar refractivity (Wildman–Crippen MR) is 84.5 cm³/mol. The Hall–Kier alpha value is -1.23. The van der Waals surface area contributed by atoms with Crippen molar-refractivity contribution >= 4 is 46.1 Å². The number of phenolic OH excluding ortho intramolecular Hbond substituents is 1. The number of carbonyl (C=O) groups excluding carboxylic acids is 1. The molecule has 0 aliphatic heterocycles. The Labute approximate surface area is 131 Å². The molecule has 0 unspecified atom stereocenters. The molecular formula is C14H13Cl2NO2S. The van der Waals surface area contributed by atoms with Gasteiger partial charge in [-0.05, 0) is 31.5 Å². The maximum absolute atomic E-state index is 12.6. The van der Waals surface area contributed by atoms with Gasteiger partial charge in [0.1, 0.15) is 10.1 Å². The number of rotatable bonds is 3. The summed E-state index contributed by atoms with van der Waals surface area (Å²) in [6.45, 7) is 4.21. The van der Waals surface area contributed by atoms with Gasteiger partial charge in [-0.25, -0.2) is 0 Å². The van der Waals surface area contributed by atoms with E-state index in [2.05, 4.69) is 0 Å². The van der Waals surface area contributed by atoms with Crippen LogP contribution in [0.15, 0.2) is 24.3 Å². The average molecular weight is 330 g/mol. The van der Waals surface area contributed by atoms with Crippen LogP contribution in [-0.2, 0) is 0 Å². The predicted octanol–water partition coefficient (Wildman–Crippen LogP) is 4.74. The standard InChI is InChI=1S/C14H13Cl2NO2S/c1-3-17(11-6-9(18)5-4-8(11)2)14(19)10-7-12(15)20-13(10)16/h4-7,18H,3H2,1-2H3. The number of phenols is 1. The Morgan fingerprint density at radius 2 is 2.05 bits per heavy atom. The van der Waals surface area contributed by atoms with Crippen LogP contribution in [0.4, 0.5) is 5.69 Å². The van der Waals surface area contributed by atoms with E-state index in [-0.39, 0.29) is 11.7 Å². The second-order valence-corrected chi connectivity index (χ2v) is 6.54. The number of hydrogen-bond acceptors (Lipinski definition) is 3. The van der Waals surface area contributed by atoms with Gasteiger partial charge in [-0.15, -0.1) is 11.3 Å². The molecule has 0 bridgehead atoms. The van der Waals surface area contributed by atoms with Crippen LogP contribution in [0.5, 0.6) is 5.75 Å². The smallest absolute Gasteiger partial charge is 0.260 e. The number of benzene rings is 1. The first-order valence-electron chi connectivity index (χ1n) is 6.00. The molecule has 2 aromatic rings. The third-order valence-corrected chi connectivity index (χ3v) is 4.42. The first kappa shape index (κ1) is 15.2. The summed E-state index contributed by atoms with van der Waals surface area (Å²) in [5.74, 6) is -0.111. The van der Waals surface area contributed by atoms with Gasteiger partial charge in [0.15, 0.2) is 0 Å². The molecule has 0 saturated heterocycles. The lowest BCUT2D eigenvalue weighted by Gasteiger charge is -2.23. The third-order valence-electron chi connectivity index (χ3n) is 2.93. The minimum absolute atomic E-state index is 0.117. The van der Waals surface area contributed by atoms with Crippen molar-refractivity contribution in [3.8, 4) is 5.75 Å². The molecule has 106 valence electrons. The van der Waals surface area contributed by atoms with Gasteiger partial charge >= 0.3 is 0 Å². The highest BCUT2D eigenvalue weighted by molar-refractivity contribution is 7.20. The monoisotopic (exact) mass is 329 g/mol. The highest BCUT2D eigenvalue weighted by Crippen LogP contribution is 2.34. The lowest BCUT2D eigenvalue weighted by molar-refractivity contribution is 0.0988. The van der Waals surface area contributed by atoms with Crippen LogP contribution in [0.25, 0.3) is 0 Å². The number of halogens is 2. The Balaban J connectivity index is 2.44. The van der Waals surface area contributed by atoms with E-state index < -0.39 is 0 Å². The van der Waals surface area contributed by atoms with Crippen LogP contribution < -0.4 is 4.90 Å². The molecule has 3 nitrogen and oxygen atoms in total. The normalized spacial score (nSPS) is 10.6. The molecule has 0 atom stereocenters. The molecule has 1 heterocycles. The van der Waals surface area contributed by atoms with Crippen LogP contribution in [0, 0.1) is 6.92 Å². The molecule has 1 aromatic carbocycles. The van der Waals surface area contributed by atoms with E-state index in [4.69, 9.17) is 23.2 Å². The molecule has 1 N–H and O–H groups in total. The van der Waals surface area contributed by atoms with Gasteiger partial charge < -0.3 is 10.0 Å². The van der Waals surface area contributed by atoms with E-state index in [0.29, 0.717) is 26.5 Å². The number of aromatic hydroxyl groups is 1. The molecular weight excluding hydrogens is 317 g/mol. The molecule has 0 aliphatic rings. The fourth-order valence-corrected chi connectivity index (χ4v) is 3.39. The van der Waals surface area contributed by atoms with Gasteiger partial charge in [0.05, 0.1) is 15.6 Å². The summed E-state index contributed by atoms with van der Waals surface area (Å²) in [7, 11) is 0. The fourth-order valence-electron chi connectivity index (χ4n) is 1.94. The van der Waals surface area contributed by atoms with E-state index in [1.54, 1.807) is 29.2 Å². The summed E-state index contributed by atoms with van der Waals surface area (Å²) >= 11 is 13.1. The number of hydrogen-bond donors (Lipinski definition) is 1. The van der Waals surface area contributed by atoms with Crippen LogP contribution in [-0.4, -0.2) is 17.6 Å². The van der Waals surface area contributed by atoms with E-state index in [1.807, 2.05) is 13.8 Å². The fraction of sp³-hybridized carbons (Fsp3) is 0.214. The zero-order valence-corrected chi connectivity index (χ0v) is 13.3. The van der Waals surface area contributed by atoms with Gasteiger partial charge in [0, 0.05) is 12.6 Å². The minimum atomic E-state index is -0.227. The van der Waals surface area contributed by atoms with E-state index in [9.17, 15) is 9.90 Å². The lowest BCUT2D eigenvalue weighted by atomic mass is 10.1. The maximum atomic E-state index is 12.6.